The molecular weight excluding hydrogens is 425 g/mol. The van der Waals surface area contributed by atoms with E-state index >= 15 is 0 Å². The molecule has 0 saturated carbocycles. The molecule has 2 rings (SSSR count). The van der Waals surface area contributed by atoms with Crippen LogP contribution < -0.4 is 16.0 Å². The van der Waals surface area contributed by atoms with Gasteiger partial charge in [-0.15, -0.1) is 0 Å². The lowest BCUT2D eigenvalue weighted by Crippen LogP contribution is -2.56. The van der Waals surface area contributed by atoms with Crippen molar-refractivity contribution in [3.05, 3.63) is 65.2 Å². The molecule has 0 heterocycles. The zero-order valence-corrected chi connectivity index (χ0v) is 17.9. The normalized spacial score (nSPS) is 12.2. The van der Waals surface area contributed by atoms with Gasteiger partial charge in [-0.25, -0.2) is 0 Å². The van der Waals surface area contributed by atoms with Gasteiger partial charge in [0.05, 0.1) is 6.42 Å². The predicted octanol–water partition coefficient (Wildman–Crippen LogP) is 4.65. The highest BCUT2D eigenvalue weighted by Gasteiger charge is 2.34. The maximum Gasteiger partial charge on any atom is 0.228 e. The fraction of sp³-hybridized carbons (Fsp3) is 0.263. The van der Waals surface area contributed by atoms with Crippen LogP contribution in [0.4, 0.5) is 5.69 Å². The summed E-state index contributed by atoms with van der Waals surface area (Å²) in [6, 6.07) is 15.2. The zero-order chi connectivity index (χ0) is 20.0. The maximum atomic E-state index is 12.3. The maximum absolute atomic E-state index is 12.3. The highest BCUT2D eigenvalue weighted by molar-refractivity contribution is 7.80. The zero-order valence-electron chi connectivity index (χ0n) is 14.9. The van der Waals surface area contributed by atoms with E-state index in [9.17, 15) is 4.79 Å². The summed E-state index contributed by atoms with van der Waals surface area (Å²) in [5.74, 6) is -0.292. The molecular formula is C19H20Cl3N3OS. The summed E-state index contributed by atoms with van der Waals surface area (Å²) in [6.07, 6.45) is -0.832. The van der Waals surface area contributed by atoms with Crippen LogP contribution in [-0.2, 0) is 11.2 Å². The van der Waals surface area contributed by atoms with Crippen LogP contribution in [0.2, 0.25) is 0 Å². The molecule has 0 radical (unpaired) electrons. The number of anilines is 1. The number of benzene rings is 2. The Morgan fingerprint density at radius 1 is 1.07 bits per heavy atom. The van der Waals surface area contributed by atoms with Gasteiger partial charge in [0.15, 0.2) is 5.11 Å². The van der Waals surface area contributed by atoms with Crippen LogP contribution in [-0.4, -0.2) is 21.0 Å². The van der Waals surface area contributed by atoms with E-state index in [2.05, 4.69) is 16.0 Å². The lowest BCUT2D eigenvalue weighted by Gasteiger charge is -2.28. The van der Waals surface area contributed by atoms with E-state index in [0.717, 1.165) is 22.4 Å². The number of aryl methyl sites for hydroxylation is 2. The van der Waals surface area contributed by atoms with Gasteiger partial charge in [-0.3, -0.25) is 4.79 Å². The van der Waals surface area contributed by atoms with Crippen LogP contribution in [0, 0.1) is 13.8 Å². The lowest BCUT2D eigenvalue weighted by molar-refractivity contribution is -0.121. The Morgan fingerprint density at radius 2 is 1.74 bits per heavy atom. The first-order valence-electron chi connectivity index (χ1n) is 8.20. The van der Waals surface area contributed by atoms with Gasteiger partial charge >= 0.3 is 0 Å². The fourth-order valence-electron chi connectivity index (χ4n) is 2.44. The van der Waals surface area contributed by atoms with Crippen LogP contribution in [0.25, 0.3) is 0 Å². The molecule has 144 valence electrons. The number of carbonyl (C=O) groups excluding carboxylic acids is 1. The first kappa shape index (κ1) is 21.8. The van der Waals surface area contributed by atoms with E-state index in [1.165, 1.54) is 0 Å². The summed E-state index contributed by atoms with van der Waals surface area (Å²) < 4.78 is -1.79. The number of rotatable bonds is 5. The van der Waals surface area contributed by atoms with E-state index in [-0.39, 0.29) is 17.4 Å². The minimum Gasteiger partial charge on any atom is -0.339 e. The smallest absolute Gasteiger partial charge is 0.228 e. The average molecular weight is 445 g/mol. The third-order valence-corrected chi connectivity index (χ3v) is 4.62. The quantitative estimate of drug-likeness (QED) is 0.357. The Labute approximate surface area is 179 Å². The molecule has 2 aromatic carbocycles. The number of thiocarbonyl (C=S) groups is 1. The molecule has 3 N–H and O–H groups in total. The molecule has 1 amide bonds. The van der Waals surface area contributed by atoms with Gasteiger partial charge in [0, 0.05) is 5.69 Å². The van der Waals surface area contributed by atoms with E-state index < -0.39 is 9.96 Å². The molecule has 27 heavy (non-hydrogen) atoms. The second-order valence-electron chi connectivity index (χ2n) is 6.12. The number of alkyl halides is 3. The highest BCUT2D eigenvalue weighted by atomic mass is 35.6. The number of amides is 1. The lowest BCUT2D eigenvalue weighted by atomic mass is 10.1. The van der Waals surface area contributed by atoms with E-state index in [1.807, 2.05) is 62.4 Å². The van der Waals surface area contributed by atoms with Gasteiger partial charge in [-0.05, 0) is 43.3 Å². The minimum absolute atomic E-state index is 0.164. The Morgan fingerprint density at radius 3 is 2.33 bits per heavy atom. The minimum atomic E-state index is -1.79. The predicted molar refractivity (Wildman–Crippen MR) is 118 cm³/mol. The molecule has 0 bridgehead atoms. The summed E-state index contributed by atoms with van der Waals surface area (Å²) >= 11 is 23.3. The van der Waals surface area contributed by atoms with Crippen molar-refractivity contribution in [2.45, 2.75) is 30.2 Å². The molecule has 0 spiro atoms. The molecule has 0 aliphatic rings. The van der Waals surface area contributed by atoms with Gasteiger partial charge in [-0.2, -0.15) is 0 Å². The van der Waals surface area contributed by atoms with Gasteiger partial charge in [0.25, 0.3) is 0 Å². The molecule has 0 fully saturated rings. The summed E-state index contributed by atoms with van der Waals surface area (Å²) in [6.45, 7) is 3.97. The Hall–Kier alpha value is -1.53. The van der Waals surface area contributed by atoms with Crippen molar-refractivity contribution in [3.63, 3.8) is 0 Å². The number of nitrogens with one attached hydrogen (secondary N) is 3. The van der Waals surface area contributed by atoms with Crippen molar-refractivity contribution in [2.75, 3.05) is 5.32 Å². The van der Waals surface area contributed by atoms with Crippen LogP contribution in [0.5, 0.6) is 0 Å². The van der Waals surface area contributed by atoms with Crippen LogP contribution in [0.15, 0.2) is 48.5 Å². The van der Waals surface area contributed by atoms with Crippen molar-refractivity contribution in [1.29, 1.82) is 0 Å². The molecule has 1 atom stereocenters. The molecule has 0 saturated heterocycles. The van der Waals surface area contributed by atoms with Crippen LogP contribution >= 0.6 is 47.0 Å². The van der Waals surface area contributed by atoms with Crippen molar-refractivity contribution in [3.8, 4) is 0 Å². The summed E-state index contributed by atoms with van der Waals surface area (Å²) in [5.41, 5.74) is 3.85. The summed E-state index contributed by atoms with van der Waals surface area (Å²) in [4.78, 5) is 12.3. The van der Waals surface area contributed by atoms with E-state index in [0.29, 0.717) is 0 Å². The first-order valence-corrected chi connectivity index (χ1v) is 9.74. The molecule has 0 aliphatic heterocycles. The molecule has 1 unspecified atom stereocenters. The SMILES string of the molecule is Cc1ccc(NC(=S)NC(NC(=O)Cc2ccccc2)C(Cl)(Cl)Cl)c(C)c1. The van der Waals surface area contributed by atoms with E-state index in [4.69, 9.17) is 47.0 Å². The second-order valence-corrected chi connectivity index (χ2v) is 8.90. The molecule has 8 heteroatoms. The Bertz CT molecular complexity index is 810. The number of hydrogen-bond acceptors (Lipinski definition) is 2. The second kappa shape index (κ2) is 9.60. The van der Waals surface area contributed by atoms with Crippen molar-refractivity contribution in [1.82, 2.24) is 10.6 Å². The third-order valence-electron chi connectivity index (χ3n) is 3.75. The van der Waals surface area contributed by atoms with Crippen molar-refractivity contribution >= 4 is 63.7 Å². The number of carbonyl (C=O) groups is 1. The van der Waals surface area contributed by atoms with Crippen LogP contribution in [0.1, 0.15) is 16.7 Å². The van der Waals surface area contributed by atoms with Crippen molar-refractivity contribution < 1.29 is 4.79 Å². The molecule has 0 aliphatic carbocycles. The summed E-state index contributed by atoms with van der Waals surface area (Å²) in [5, 5.41) is 8.82. The summed E-state index contributed by atoms with van der Waals surface area (Å²) in [7, 11) is 0. The molecule has 0 aromatic heterocycles. The average Bonchev–Trinajstić information content (AvgIpc) is 2.57. The fourth-order valence-corrected chi connectivity index (χ4v) is 2.99. The Kier molecular flexibility index (Phi) is 7.74. The molecule has 2 aromatic rings. The van der Waals surface area contributed by atoms with Crippen molar-refractivity contribution in [2.24, 2.45) is 0 Å². The van der Waals surface area contributed by atoms with Gasteiger partial charge in [0.1, 0.15) is 6.17 Å². The Balaban J connectivity index is 2.01. The largest absolute Gasteiger partial charge is 0.339 e. The highest BCUT2D eigenvalue weighted by Crippen LogP contribution is 2.29. The number of halogens is 3. The van der Waals surface area contributed by atoms with Gasteiger partial charge < -0.3 is 16.0 Å². The third kappa shape index (κ3) is 7.18. The topological polar surface area (TPSA) is 53.2 Å². The van der Waals surface area contributed by atoms with E-state index in [1.54, 1.807) is 0 Å². The number of hydrogen-bond donors (Lipinski definition) is 3. The van der Waals surface area contributed by atoms with Gasteiger partial charge in [0.2, 0.25) is 9.70 Å². The van der Waals surface area contributed by atoms with Crippen LogP contribution in [0.3, 0.4) is 0 Å². The standard InChI is InChI=1S/C19H20Cl3N3OS/c1-12-8-9-15(13(2)10-12)23-18(27)25-17(19(20,21)22)24-16(26)11-14-6-4-3-5-7-14/h3-10,17H,11H2,1-2H3,(H,24,26)(H2,23,25,27). The van der Waals surface area contributed by atoms with Gasteiger partial charge in [-0.1, -0.05) is 82.8 Å². The first-order chi connectivity index (χ1) is 12.6. The monoisotopic (exact) mass is 443 g/mol. The molecule has 4 nitrogen and oxygen atoms in total.